The molecule has 11 aromatic rings. The summed E-state index contributed by atoms with van der Waals surface area (Å²) in [7, 11) is 0. The van der Waals surface area contributed by atoms with Crippen molar-refractivity contribution < 1.29 is 8.83 Å². The second-order valence-corrected chi connectivity index (χ2v) is 12.4. The Morgan fingerprint density at radius 3 is 1.98 bits per heavy atom. The topological polar surface area (TPSA) is 49.0 Å². The van der Waals surface area contributed by atoms with E-state index in [0.717, 1.165) is 77.7 Å². The maximum absolute atomic E-state index is 6.12. The Bertz CT molecular complexity index is 3080. The predicted molar refractivity (Wildman–Crippen MR) is 195 cm³/mol. The molecule has 0 radical (unpaired) electrons. The molecule has 0 unspecified atom stereocenters. The summed E-state index contributed by atoms with van der Waals surface area (Å²) in [5.74, 6) is 0.866. The van der Waals surface area contributed by atoms with E-state index in [1.807, 2.05) is 18.2 Å². The number of hydrogen-bond acceptors (Lipinski definition) is 3. The number of hydrogen-bond donors (Lipinski definition) is 0. The molecule has 0 amide bonds. The third kappa shape index (κ3) is 3.47. The summed E-state index contributed by atoms with van der Waals surface area (Å²) in [5, 5.41) is 8.05. The van der Waals surface area contributed by atoms with Crippen LogP contribution in [0.2, 0.25) is 0 Å². The van der Waals surface area contributed by atoms with Crippen molar-refractivity contribution in [3.8, 4) is 22.8 Å². The average molecular weight is 616 g/mol. The highest BCUT2D eigenvalue weighted by Gasteiger charge is 2.22. The predicted octanol–water partition coefficient (Wildman–Crippen LogP) is 11.6. The number of para-hydroxylation sites is 3. The maximum atomic E-state index is 6.12. The van der Waals surface area contributed by atoms with Crippen molar-refractivity contribution in [1.29, 1.82) is 0 Å². The van der Waals surface area contributed by atoms with Gasteiger partial charge >= 0.3 is 0 Å². The first-order valence-corrected chi connectivity index (χ1v) is 16.1. The normalized spacial score (nSPS) is 12.2. The molecule has 0 N–H and O–H groups in total. The monoisotopic (exact) mass is 615 g/mol. The highest BCUT2D eigenvalue weighted by Crippen LogP contribution is 2.42. The second-order valence-electron chi connectivity index (χ2n) is 12.4. The van der Waals surface area contributed by atoms with Crippen LogP contribution < -0.4 is 0 Å². The highest BCUT2D eigenvalue weighted by atomic mass is 16.3. The van der Waals surface area contributed by atoms with Gasteiger partial charge in [0.1, 0.15) is 22.6 Å². The van der Waals surface area contributed by atoms with Crippen molar-refractivity contribution in [2.24, 2.45) is 0 Å². The fourth-order valence-electron chi connectivity index (χ4n) is 7.69. The van der Waals surface area contributed by atoms with Gasteiger partial charge in [0.25, 0.3) is 0 Å². The quantitative estimate of drug-likeness (QED) is 0.199. The second kappa shape index (κ2) is 9.47. The maximum Gasteiger partial charge on any atom is 0.138 e. The lowest BCUT2D eigenvalue weighted by Crippen LogP contribution is -2.01. The van der Waals surface area contributed by atoms with Crippen molar-refractivity contribution >= 4 is 76.5 Å². The van der Waals surface area contributed by atoms with E-state index >= 15 is 0 Å². The first-order chi connectivity index (χ1) is 23.8. The van der Waals surface area contributed by atoms with Gasteiger partial charge in [0.05, 0.1) is 34.0 Å². The molecule has 48 heavy (non-hydrogen) atoms. The molecule has 5 heterocycles. The van der Waals surface area contributed by atoms with E-state index in [0.29, 0.717) is 0 Å². The van der Waals surface area contributed by atoms with E-state index in [1.54, 1.807) is 6.26 Å². The van der Waals surface area contributed by atoms with Gasteiger partial charge in [-0.25, -0.2) is 4.98 Å². The molecule has 5 aromatic heterocycles. The number of benzene rings is 6. The molecule has 0 aliphatic carbocycles. The minimum Gasteiger partial charge on any atom is -0.464 e. The first-order valence-electron chi connectivity index (χ1n) is 16.1. The number of fused-ring (bicyclic) bond motifs is 11. The zero-order chi connectivity index (χ0) is 31.3. The van der Waals surface area contributed by atoms with E-state index in [-0.39, 0.29) is 0 Å². The van der Waals surface area contributed by atoms with Crippen LogP contribution in [-0.4, -0.2) is 14.1 Å². The van der Waals surface area contributed by atoms with Gasteiger partial charge in [-0.15, -0.1) is 0 Å². The molecule has 11 rings (SSSR count). The van der Waals surface area contributed by atoms with Crippen LogP contribution in [0.1, 0.15) is 0 Å². The lowest BCUT2D eigenvalue weighted by atomic mass is 10.1. The molecular formula is C43H25N3O2. The van der Waals surface area contributed by atoms with Crippen LogP contribution in [0.3, 0.4) is 0 Å². The number of rotatable bonds is 3. The van der Waals surface area contributed by atoms with Gasteiger partial charge in [-0.05, 0) is 72.8 Å². The molecule has 0 spiro atoms. The van der Waals surface area contributed by atoms with Crippen LogP contribution in [0.15, 0.2) is 161 Å². The Morgan fingerprint density at radius 1 is 0.458 bits per heavy atom. The van der Waals surface area contributed by atoms with Gasteiger partial charge < -0.3 is 13.4 Å². The van der Waals surface area contributed by atoms with Crippen LogP contribution in [0.5, 0.6) is 0 Å². The minimum atomic E-state index is 0.866. The van der Waals surface area contributed by atoms with Gasteiger partial charge in [-0.2, -0.15) is 0 Å². The molecule has 0 aliphatic heterocycles. The van der Waals surface area contributed by atoms with E-state index < -0.39 is 0 Å². The number of aromatic nitrogens is 3. The van der Waals surface area contributed by atoms with Crippen LogP contribution in [0, 0.1) is 0 Å². The largest absolute Gasteiger partial charge is 0.464 e. The summed E-state index contributed by atoms with van der Waals surface area (Å²) in [6, 6.07) is 51.2. The SMILES string of the molecule is c1cc(-c2ccc3oc4ccccc4c3c2)nc(-n2c3ccccc3c3ccc4c5ccccc5n(-c5ccc6occc6c5)c4c32)c1. The molecule has 5 heteroatoms. The molecular weight excluding hydrogens is 590 g/mol. The highest BCUT2D eigenvalue weighted by molar-refractivity contribution is 6.23. The van der Waals surface area contributed by atoms with E-state index in [1.165, 1.54) is 21.5 Å². The third-order valence-electron chi connectivity index (χ3n) is 9.80. The fourth-order valence-corrected chi connectivity index (χ4v) is 7.69. The van der Waals surface area contributed by atoms with Crippen molar-refractivity contribution in [2.45, 2.75) is 0 Å². The lowest BCUT2D eigenvalue weighted by molar-refractivity contribution is 0.616. The van der Waals surface area contributed by atoms with Gasteiger partial charge in [0, 0.05) is 49.0 Å². The van der Waals surface area contributed by atoms with Crippen molar-refractivity contribution in [2.75, 3.05) is 0 Å². The summed E-state index contributed by atoms with van der Waals surface area (Å²) in [6.07, 6.45) is 1.75. The Balaban J connectivity index is 1.23. The Hall–Kier alpha value is -6.59. The third-order valence-corrected chi connectivity index (χ3v) is 9.80. The fraction of sp³-hybridized carbons (Fsp3) is 0. The molecule has 224 valence electrons. The number of furan rings is 2. The standard InChI is InChI=1S/C43H25N3O2/c1-4-12-36-29(8-1)32-18-19-33-30-9-2-5-13-37(30)46(43(33)42(32)45(36)28-17-21-38-27(24-28)22-23-47-38)41-15-7-11-35(44-41)26-16-20-40-34(25-26)31-10-3-6-14-39(31)48-40/h1-25H. The summed E-state index contributed by atoms with van der Waals surface area (Å²) in [4.78, 5) is 5.36. The van der Waals surface area contributed by atoms with Gasteiger partial charge in [0.15, 0.2) is 0 Å². The lowest BCUT2D eigenvalue weighted by Gasteiger charge is -2.13. The summed E-state index contributed by atoms with van der Waals surface area (Å²) in [5.41, 5.74) is 10.2. The Kier molecular flexibility index (Phi) is 5.05. The Morgan fingerprint density at radius 2 is 1.15 bits per heavy atom. The molecule has 0 fully saturated rings. The van der Waals surface area contributed by atoms with Gasteiger partial charge in [-0.3, -0.25) is 4.57 Å². The number of nitrogens with zero attached hydrogens (tertiary/aromatic N) is 3. The summed E-state index contributed by atoms with van der Waals surface area (Å²) >= 11 is 0. The summed E-state index contributed by atoms with van der Waals surface area (Å²) in [6.45, 7) is 0. The van der Waals surface area contributed by atoms with Gasteiger partial charge in [0.2, 0.25) is 0 Å². The van der Waals surface area contributed by atoms with Crippen molar-refractivity contribution in [3.05, 3.63) is 152 Å². The number of pyridine rings is 1. The van der Waals surface area contributed by atoms with Gasteiger partial charge in [-0.1, -0.05) is 72.8 Å². The Labute approximate surface area is 273 Å². The van der Waals surface area contributed by atoms with E-state index in [4.69, 9.17) is 13.8 Å². The zero-order valence-corrected chi connectivity index (χ0v) is 25.6. The molecule has 0 aliphatic rings. The minimum absolute atomic E-state index is 0.866. The van der Waals surface area contributed by atoms with Crippen LogP contribution in [0.25, 0.3) is 99.3 Å². The molecule has 5 nitrogen and oxygen atoms in total. The molecule has 0 saturated heterocycles. The van der Waals surface area contributed by atoms with Crippen LogP contribution >= 0.6 is 0 Å². The molecule has 0 bridgehead atoms. The smallest absolute Gasteiger partial charge is 0.138 e. The zero-order valence-electron chi connectivity index (χ0n) is 25.6. The van der Waals surface area contributed by atoms with E-state index in [2.05, 4.69) is 137 Å². The first kappa shape index (κ1) is 25.6. The molecule has 0 saturated carbocycles. The van der Waals surface area contributed by atoms with Crippen molar-refractivity contribution in [3.63, 3.8) is 0 Å². The van der Waals surface area contributed by atoms with Crippen LogP contribution in [-0.2, 0) is 0 Å². The van der Waals surface area contributed by atoms with E-state index in [9.17, 15) is 0 Å². The molecule has 0 atom stereocenters. The summed E-state index contributed by atoms with van der Waals surface area (Å²) < 4.78 is 16.6. The molecule has 6 aromatic carbocycles. The van der Waals surface area contributed by atoms with Crippen LogP contribution in [0.4, 0.5) is 0 Å². The average Bonchev–Trinajstić information content (AvgIpc) is 3.91. The van der Waals surface area contributed by atoms with Crippen molar-refractivity contribution in [1.82, 2.24) is 14.1 Å².